The van der Waals surface area contributed by atoms with Crippen LogP contribution in [0, 0.1) is 35.5 Å². The number of carbonyl (C=O) groups excluding carboxylic acids is 2. The molecule has 0 spiro atoms. The number of oxime groups is 1. The molecule has 0 aromatic heterocycles. The number of rotatable bonds is 5. The Morgan fingerprint density at radius 1 is 1.17 bits per heavy atom. The molecule has 3 fully saturated rings. The molecule has 7 nitrogen and oxygen atoms in total. The van der Waals surface area contributed by atoms with E-state index in [4.69, 9.17) is 16.4 Å². The van der Waals surface area contributed by atoms with Gasteiger partial charge in [0.1, 0.15) is 12.1 Å². The number of carbonyl (C=O) groups is 3. The zero-order chi connectivity index (χ0) is 21.3. The first-order valence-electron chi connectivity index (χ1n) is 10.4. The maximum absolute atomic E-state index is 13.3. The number of fused-ring (bicyclic) bond motifs is 8. The molecule has 8 heteroatoms. The van der Waals surface area contributed by atoms with Gasteiger partial charge in [0.05, 0.1) is 17.5 Å². The third kappa shape index (κ3) is 2.64. The van der Waals surface area contributed by atoms with Gasteiger partial charge in [0, 0.05) is 16.9 Å². The lowest BCUT2D eigenvalue weighted by Gasteiger charge is -2.29. The number of hydrogen-bond acceptors (Lipinski definition) is 5. The minimum Gasteiger partial charge on any atom is -0.480 e. The predicted octanol–water partition coefficient (Wildman–Crippen LogP) is 2.81. The van der Waals surface area contributed by atoms with Crippen molar-refractivity contribution >= 4 is 35.1 Å². The van der Waals surface area contributed by atoms with Crippen LogP contribution in [0.4, 0.5) is 0 Å². The summed E-state index contributed by atoms with van der Waals surface area (Å²) in [5, 5.41) is 14.6. The standard InChI is InChI=1S/C22H23ClN2O5/c1-9(2)7-14(22(28)29)25-20(26)15-12-8-13(16(15)21(25)27)19-17(12)18(24-30-19)10-3-5-11(23)6-4-10/h3-6,9,12-17,19H,7-8H2,1-2H3,(H,28,29)/t12-,13+,14?,15+,16-,17+,19+/m0/s1. The first-order valence-corrected chi connectivity index (χ1v) is 10.8. The summed E-state index contributed by atoms with van der Waals surface area (Å²) in [6, 6.07) is 6.23. The lowest BCUT2D eigenvalue weighted by molar-refractivity contribution is -0.156. The third-order valence-electron chi connectivity index (χ3n) is 7.16. The number of carboxylic acid groups (broad SMARTS) is 1. The van der Waals surface area contributed by atoms with E-state index in [9.17, 15) is 19.5 Å². The number of hydrogen-bond donors (Lipinski definition) is 1. The molecular weight excluding hydrogens is 408 g/mol. The molecular formula is C22H23ClN2O5. The van der Waals surface area contributed by atoms with Crippen molar-refractivity contribution in [1.82, 2.24) is 4.90 Å². The van der Waals surface area contributed by atoms with Gasteiger partial charge in [-0.1, -0.05) is 42.7 Å². The molecule has 2 bridgehead atoms. The minimum absolute atomic E-state index is 0.0511. The number of likely N-dealkylation sites (tertiary alicyclic amines) is 1. The highest BCUT2D eigenvalue weighted by Crippen LogP contribution is 2.62. The number of halogens is 1. The number of aliphatic carboxylic acids is 1. The topological polar surface area (TPSA) is 96.3 Å². The van der Waals surface area contributed by atoms with Crippen LogP contribution in [0.3, 0.4) is 0 Å². The van der Waals surface area contributed by atoms with Crippen LogP contribution in [0.25, 0.3) is 0 Å². The van der Waals surface area contributed by atoms with Crippen molar-refractivity contribution in [3.8, 4) is 0 Å². The molecule has 0 radical (unpaired) electrons. The Labute approximate surface area is 179 Å². The molecule has 158 valence electrons. The summed E-state index contributed by atoms with van der Waals surface area (Å²) in [4.78, 5) is 45.2. The Hall–Kier alpha value is -2.41. The monoisotopic (exact) mass is 430 g/mol. The Kier molecular flexibility index (Phi) is 4.43. The number of amides is 2. The van der Waals surface area contributed by atoms with Crippen molar-refractivity contribution in [2.24, 2.45) is 40.7 Å². The van der Waals surface area contributed by atoms with Gasteiger partial charge in [-0.05, 0) is 42.4 Å². The Balaban J connectivity index is 1.46. The van der Waals surface area contributed by atoms with Crippen LogP contribution in [0.5, 0.6) is 0 Å². The SMILES string of the molecule is CC(C)CC(C(=O)O)N1C(=O)[C@@H]2[C@@H]3C[C@@H]([C@H]4ON=C(c5ccc(Cl)cc5)[C@@H]34)[C@@H]2C1=O. The van der Waals surface area contributed by atoms with Crippen molar-refractivity contribution < 1.29 is 24.3 Å². The van der Waals surface area contributed by atoms with E-state index >= 15 is 0 Å². The second-order valence-corrected chi connectivity index (χ2v) is 9.66. The highest BCUT2D eigenvalue weighted by molar-refractivity contribution is 6.30. The lowest BCUT2D eigenvalue weighted by atomic mass is 9.71. The van der Waals surface area contributed by atoms with Crippen LogP contribution in [-0.2, 0) is 19.2 Å². The highest BCUT2D eigenvalue weighted by atomic mass is 35.5. The first kappa shape index (κ1) is 19.5. The fourth-order valence-corrected chi connectivity index (χ4v) is 6.20. The molecule has 5 rings (SSSR count). The maximum Gasteiger partial charge on any atom is 0.326 e. The molecule has 1 aromatic rings. The van der Waals surface area contributed by atoms with E-state index in [-0.39, 0.29) is 48.0 Å². The molecule has 7 atom stereocenters. The van der Waals surface area contributed by atoms with Gasteiger partial charge >= 0.3 is 5.97 Å². The second-order valence-electron chi connectivity index (χ2n) is 9.22. The normalized spacial score (nSPS) is 34.8. The molecule has 1 unspecified atom stereocenters. The van der Waals surface area contributed by atoms with Crippen molar-refractivity contribution in [2.75, 3.05) is 0 Å². The third-order valence-corrected chi connectivity index (χ3v) is 7.41. The summed E-state index contributed by atoms with van der Waals surface area (Å²) in [5.74, 6) is -3.02. The Morgan fingerprint density at radius 2 is 1.80 bits per heavy atom. The highest BCUT2D eigenvalue weighted by Gasteiger charge is 2.71. The number of benzene rings is 1. The van der Waals surface area contributed by atoms with Crippen LogP contribution in [-0.4, -0.2) is 45.6 Å². The quantitative estimate of drug-likeness (QED) is 0.724. The Bertz CT molecular complexity index is 959. The van der Waals surface area contributed by atoms with E-state index < -0.39 is 23.8 Å². The number of nitrogens with zero attached hydrogens (tertiary/aromatic N) is 2. The molecule has 2 aliphatic carbocycles. The summed E-state index contributed by atoms with van der Waals surface area (Å²) >= 11 is 6.00. The zero-order valence-corrected chi connectivity index (χ0v) is 17.5. The predicted molar refractivity (Wildman–Crippen MR) is 108 cm³/mol. The van der Waals surface area contributed by atoms with Crippen LogP contribution in [0.2, 0.25) is 5.02 Å². The fourth-order valence-electron chi connectivity index (χ4n) is 6.08. The number of carboxylic acids is 1. The summed E-state index contributed by atoms with van der Waals surface area (Å²) in [7, 11) is 0. The molecule has 2 aliphatic heterocycles. The molecule has 2 heterocycles. The summed E-state index contributed by atoms with van der Waals surface area (Å²) in [6.45, 7) is 3.77. The van der Waals surface area contributed by atoms with Gasteiger partial charge in [-0.15, -0.1) is 0 Å². The van der Waals surface area contributed by atoms with Crippen molar-refractivity contribution in [3.05, 3.63) is 34.9 Å². The van der Waals surface area contributed by atoms with Crippen LogP contribution in [0.1, 0.15) is 32.3 Å². The van der Waals surface area contributed by atoms with Gasteiger partial charge in [0.2, 0.25) is 11.8 Å². The minimum atomic E-state index is -1.13. The molecule has 2 amide bonds. The van der Waals surface area contributed by atoms with E-state index in [1.54, 1.807) is 12.1 Å². The van der Waals surface area contributed by atoms with Gasteiger partial charge in [0.15, 0.2) is 0 Å². The van der Waals surface area contributed by atoms with E-state index in [1.165, 1.54) is 0 Å². The largest absolute Gasteiger partial charge is 0.480 e. The van der Waals surface area contributed by atoms with Gasteiger partial charge in [0.25, 0.3) is 0 Å². The summed E-state index contributed by atoms with van der Waals surface area (Å²) < 4.78 is 0. The molecule has 1 saturated heterocycles. The maximum atomic E-state index is 13.3. The molecule has 30 heavy (non-hydrogen) atoms. The lowest BCUT2D eigenvalue weighted by Crippen LogP contribution is -2.47. The van der Waals surface area contributed by atoms with E-state index in [2.05, 4.69) is 5.16 Å². The second kappa shape index (κ2) is 6.80. The van der Waals surface area contributed by atoms with Crippen molar-refractivity contribution in [2.45, 2.75) is 38.8 Å². The van der Waals surface area contributed by atoms with Crippen LogP contribution < -0.4 is 0 Å². The van der Waals surface area contributed by atoms with E-state index in [1.807, 2.05) is 26.0 Å². The fraction of sp³-hybridized carbons (Fsp3) is 0.545. The van der Waals surface area contributed by atoms with Gasteiger partial charge in [-0.25, -0.2) is 4.79 Å². The van der Waals surface area contributed by atoms with E-state index in [0.717, 1.165) is 22.6 Å². The van der Waals surface area contributed by atoms with Gasteiger partial charge in [-0.2, -0.15) is 0 Å². The molecule has 4 aliphatic rings. The molecule has 2 saturated carbocycles. The number of imide groups is 1. The smallest absolute Gasteiger partial charge is 0.326 e. The summed E-state index contributed by atoms with van der Waals surface area (Å²) in [5.41, 5.74) is 1.69. The van der Waals surface area contributed by atoms with Crippen molar-refractivity contribution in [3.63, 3.8) is 0 Å². The molecule has 1 N–H and O–H groups in total. The zero-order valence-electron chi connectivity index (χ0n) is 16.7. The van der Waals surface area contributed by atoms with E-state index in [0.29, 0.717) is 5.02 Å². The summed E-state index contributed by atoms with van der Waals surface area (Å²) in [6.07, 6.45) is 0.736. The molecule has 1 aromatic carbocycles. The first-order chi connectivity index (χ1) is 14.3. The van der Waals surface area contributed by atoms with Gasteiger partial charge in [-0.3, -0.25) is 14.5 Å². The van der Waals surface area contributed by atoms with Crippen molar-refractivity contribution in [1.29, 1.82) is 0 Å². The average Bonchev–Trinajstić information content (AvgIpc) is 3.41. The average molecular weight is 431 g/mol. The van der Waals surface area contributed by atoms with Crippen LogP contribution in [0.15, 0.2) is 29.4 Å². The Morgan fingerprint density at radius 3 is 2.40 bits per heavy atom. The van der Waals surface area contributed by atoms with Gasteiger partial charge < -0.3 is 9.94 Å². The van der Waals surface area contributed by atoms with Crippen LogP contribution >= 0.6 is 11.6 Å².